The third kappa shape index (κ3) is 3.80. The van der Waals surface area contributed by atoms with Gasteiger partial charge >= 0.3 is 12.1 Å². The molecule has 2 amide bonds. The fourth-order valence-electron chi connectivity index (χ4n) is 5.05. The largest absolute Gasteiger partial charge is 0.435 e. The van der Waals surface area contributed by atoms with Crippen molar-refractivity contribution in [3.8, 4) is 6.07 Å². The van der Waals surface area contributed by atoms with Gasteiger partial charge < -0.3 is 18.9 Å². The molecule has 2 bridgehead atoms. The number of hydrogen-bond acceptors (Lipinski definition) is 8. The SMILES string of the molecule is COCCOCOC(=O)C1=CC2(C)OC1(C)[C@@H]1C(=O)N(c3ccc(C#N)c(C(F)(F)F)c3)C(=O)C12. The van der Waals surface area contributed by atoms with Crippen LogP contribution in [0.15, 0.2) is 29.8 Å². The highest BCUT2D eigenvalue weighted by Crippen LogP contribution is 2.60. The third-order valence-electron chi connectivity index (χ3n) is 6.53. The van der Waals surface area contributed by atoms with E-state index in [0.29, 0.717) is 17.6 Å². The van der Waals surface area contributed by atoms with Crippen LogP contribution in [0.5, 0.6) is 0 Å². The van der Waals surface area contributed by atoms with Crippen LogP contribution in [0.4, 0.5) is 18.9 Å². The molecule has 0 spiro atoms. The number of carbonyl (C=O) groups excluding carboxylic acids is 3. The number of amides is 2. The molecule has 2 saturated heterocycles. The number of fused-ring (bicyclic) bond motifs is 5. The maximum atomic E-state index is 13.5. The van der Waals surface area contributed by atoms with Gasteiger partial charge in [-0.15, -0.1) is 0 Å². The van der Waals surface area contributed by atoms with E-state index < -0.39 is 58.1 Å². The average Bonchev–Trinajstić information content (AvgIpc) is 3.33. The number of anilines is 1. The molecular weight excluding hydrogens is 473 g/mol. The summed E-state index contributed by atoms with van der Waals surface area (Å²) < 4.78 is 61.4. The van der Waals surface area contributed by atoms with Crippen LogP contribution in [0, 0.1) is 23.2 Å². The number of nitriles is 1. The maximum absolute atomic E-state index is 13.5. The zero-order valence-electron chi connectivity index (χ0n) is 19.0. The second-order valence-corrected chi connectivity index (χ2v) is 8.71. The lowest BCUT2D eigenvalue weighted by Gasteiger charge is -2.28. The number of benzene rings is 1. The number of rotatable bonds is 7. The smallest absolute Gasteiger partial charge is 0.417 e. The predicted octanol–water partition coefficient (Wildman–Crippen LogP) is 2.33. The number of carbonyl (C=O) groups is 3. The Kier molecular flexibility index (Phi) is 5.99. The van der Waals surface area contributed by atoms with Gasteiger partial charge in [0.1, 0.15) is 5.60 Å². The molecule has 4 rings (SSSR count). The van der Waals surface area contributed by atoms with Crippen LogP contribution in [0.25, 0.3) is 0 Å². The lowest BCUT2D eigenvalue weighted by Crippen LogP contribution is -2.43. The summed E-state index contributed by atoms with van der Waals surface area (Å²) in [7, 11) is 1.48. The zero-order chi connectivity index (χ0) is 25.8. The molecule has 3 unspecified atom stereocenters. The average molecular weight is 494 g/mol. The number of methoxy groups -OCH3 is 1. The molecule has 1 aromatic carbocycles. The monoisotopic (exact) mass is 494 g/mol. The molecule has 0 aromatic heterocycles. The Morgan fingerprint density at radius 2 is 1.89 bits per heavy atom. The van der Waals surface area contributed by atoms with E-state index in [1.54, 1.807) is 0 Å². The fourth-order valence-corrected chi connectivity index (χ4v) is 5.05. The highest BCUT2D eigenvalue weighted by atomic mass is 19.4. The van der Waals surface area contributed by atoms with E-state index in [1.807, 2.05) is 0 Å². The summed E-state index contributed by atoms with van der Waals surface area (Å²) in [5.41, 5.74) is -5.08. The highest BCUT2D eigenvalue weighted by Gasteiger charge is 2.74. The van der Waals surface area contributed by atoms with Gasteiger partial charge in [-0.2, -0.15) is 18.4 Å². The van der Waals surface area contributed by atoms with Gasteiger partial charge in [0.25, 0.3) is 0 Å². The molecule has 2 fully saturated rings. The lowest BCUT2D eigenvalue weighted by molar-refractivity contribution is -0.155. The molecule has 1 aromatic rings. The van der Waals surface area contributed by atoms with Crippen LogP contribution in [-0.4, -0.2) is 56.1 Å². The van der Waals surface area contributed by atoms with Crippen molar-refractivity contribution < 1.29 is 46.5 Å². The first-order valence-electron chi connectivity index (χ1n) is 10.6. The molecule has 186 valence electrons. The maximum Gasteiger partial charge on any atom is 0.417 e. The van der Waals surface area contributed by atoms with E-state index >= 15 is 0 Å². The summed E-state index contributed by atoms with van der Waals surface area (Å²) in [6, 6.07) is 4.08. The summed E-state index contributed by atoms with van der Waals surface area (Å²) >= 11 is 0. The van der Waals surface area contributed by atoms with Gasteiger partial charge in [-0.05, 0) is 38.1 Å². The van der Waals surface area contributed by atoms with E-state index in [0.717, 1.165) is 12.1 Å². The molecule has 35 heavy (non-hydrogen) atoms. The quantitative estimate of drug-likeness (QED) is 0.246. The van der Waals surface area contributed by atoms with Gasteiger partial charge in [-0.1, -0.05) is 0 Å². The molecule has 3 heterocycles. The zero-order valence-corrected chi connectivity index (χ0v) is 19.0. The second kappa shape index (κ2) is 8.44. The predicted molar refractivity (Wildman–Crippen MR) is 110 cm³/mol. The lowest BCUT2D eigenvalue weighted by atomic mass is 9.69. The van der Waals surface area contributed by atoms with Crippen LogP contribution in [0.1, 0.15) is 25.0 Å². The van der Waals surface area contributed by atoms with Crippen molar-refractivity contribution in [1.29, 1.82) is 5.26 Å². The first-order valence-corrected chi connectivity index (χ1v) is 10.6. The molecule has 0 radical (unpaired) electrons. The van der Waals surface area contributed by atoms with Gasteiger partial charge in [-0.3, -0.25) is 9.59 Å². The molecule has 0 N–H and O–H groups in total. The molecule has 9 nitrogen and oxygen atoms in total. The van der Waals surface area contributed by atoms with Crippen LogP contribution >= 0.6 is 0 Å². The van der Waals surface area contributed by atoms with Crippen molar-refractivity contribution in [2.45, 2.75) is 31.2 Å². The number of halogens is 3. The highest BCUT2D eigenvalue weighted by molar-refractivity contribution is 6.24. The first-order chi connectivity index (χ1) is 16.4. The van der Waals surface area contributed by atoms with Crippen molar-refractivity contribution in [1.82, 2.24) is 0 Å². The molecule has 12 heteroatoms. The molecule has 0 aliphatic carbocycles. The Bertz CT molecular complexity index is 1170. The number of hydrogen-bond donors (Lipinski definition) is 0. The van der Waals surface area contributed by atoms with E-state index in [4.69, 9.17) is 24.2 Å². The number of alkyl halides is 3. The summed E-state index contributed by atoms with van der Waals surface area (Å²) in [5.74, 6) is -4.58. The van der Waals surface area contributed by atoms with Crippen LogP contribution in [0.3, 0.4) is 0 Å². The van der Waals surface area contributed by atoms with Crippen molar-refractivity contribution in [3.05, 3.63) is 41.0 Å². The Hall–Kier alpha value is -3.27. The third-order valence-corrected chi connectivity index (χ3v) is 6.53. The normalized spacial score (nSPS) is 29.3. The molecule has 3 aliphatic heterocycles. The summed E-state index contributed by atoms with van der Waals surface area (Å²) in [4.78, 5) is 40.1. The summed E-state index contributed by atoms with van der Waals surface area (Å²) in [6.45, 7) is 3.10. The van der Waals surface area contributed by atoms with Crippen molar-refractivity contribution >= 4 is 23.5 Å². The fraction of sp³-hybridized carbons (Fsp3) is 0.478. The van der Waals surface area contributed by atoms with E-state index in [2.05, 4.69) is 0 Å². The Labute approximate surface area is 198 Å². The minimum absolute atomic E-state index is 0.0235. The van der Waals surface area contributed by atoms with Crippen LogP contribution in [0.2, 0.25) is 0 Å². The molecule has 3 aliphatic rings. The summed E-state index contributed by atoms with van der Waals surface area (Å²) in [6.07, 6.45) is -3.45. The molecular formula is C23H21F3N2O7. The van der Waals surface area contributed by atoms with Crippen molar-refractivity contribution in [2.24, 2.45) is 11.8 Å². The van der Waals surface area contributed by atoms with Crippen molar-refractivity contribution in [2.75, 3.05) is 32.0 Å². The Balaban J connectivity index is 1.63. The molecule has 0 saturated carbocycles. The van der Waals surface area contributed by atoms with Gasteiger partial charge in [-0.25, -0.2) is 9.69 Å². The van der Waals surface area contributed by atoms with Crippen LogP contribution in [-0.2, 0) is 39.5 Å². The van der Waals surface area contributed by atoms with E-state index in [-0.39, 0.29) is 24.7 Å². The Morgan fingerprint density at radius 1 is 1.20 bits per heavy atom. The van der Waals surface area contributed by atoms with Gasteiger partial charge in [0, 0.05) is 7.11 Å². The number of ether oxygens (including phenoxy) is 4. The van der Waals surface area contributed by atoms with Gasteiger partial charge in [0.2, 0.25) is 11.8 Å². The van der Waals surface area contributed by atoms with Gasteiger partial charge in [0.15, 0.2) is 6.79 Å². The minimum Gasteiger partial charge on any atom is -0.435 e. The number of esters is 1. The van der Waals surface area contributed by atoms with Gasteiger partial charge in [0.05, 0.1) is 59.1 Å². The standard InChI is InChI=1S/C23H21F3N2O7/c1-21-9-15(20(31)34-11-33-7-6-32-3)22(2,35-21)17-16(21)18(29)28(19(17)30)13-5-4-12(10-27)14(8-13)23(24,25)26/h4-5,8-9,16-17H,6-7,11H2,1-3H3/t16?,17-,21?,22?/m0/s1. The molecule has 4 atom stereocenters. The Morgan fingerprint density at radius 3 is 2.51 bits per heavy atom. The van der Waals surface area contributed by atoms with Crippen molar-refractivity contribution in [3.63, 3.8) is 0 Å². The topological polar surface area (TPSA) is 115 Å². The minimum atomic E-state index is -4.87. The summed E-state index contributed by atoms with van der Waals surface area (Å²) in [5, 5.41) is 9.02. The van der Waals surface area contributed by atoms with E-state index in [9.17, 15) is 27.6 Å². The number of nitrogens with zero attached hydrogens (tertiary/aromatic N) is 2. The number of imide groups is 1. The van der Waals surface area contributed by atoms with E-state index in [1.165, 1.54) is 33.1 Å². The van der Waals surface area contributed by atoms with Crippen LogP contribution < -0.4 is 4.90 Å². The second-order valence-electron chi connectivity index (χ2n) is 8.71. The first kappa shape index (κ1) is 24.8.